The molecule has 11 rings (SSSR count). The van der Waals surface area contributed by atoms with Crippen LogP contribution in [0.15, 0.2) is 205 Å². The van der Waals surface area contributed by atoms with Gasteiger partial charge in [-0.15, -0.1) is 11.3 Å². The summed E-state index contributed by atoms with van der Waals surface area (Å²) in [5.41, 5.74) is 12.1. The van der Waals surface area contributed by atoms with E-state index in [1.165, 1.54) is 64.3 Å². The normalized spacial score (nSPS) is 11.6. The number of thiophene rings is 1. The van der Waals surface area contributed by atoms with E-state index in [0.29, 0.717) is 0 Å². The Bertz CT molecular complexity index is 3210. The molecule has 0 amide bonds. The number of hydrogen-bond acceptors (Lipinski definition) is 3. The molecule has 55 heavy (non-hydrogen) atoms. The molecule has 2 nitrogen and oxygen atoms in total. The van der Waals surface area contributed by atoms with Gasteiger partial charge >= 0.3 is 0 Å². The molecule has 0 unspecified atom stereocenters. The average molecular weight is 720 g/mol. The molecular weight excluding hydrogens is 687 g/mol. The van der Waals surface area contributed by atoms with Gasteiger partial charge in [0.05, 0.1) is 11.4 Å². The van der Waals surface area contributed by atoms with Crippen LogP contribution >= 0.6 is 11.3 Å². The molecule has 0 N–H and O–H groups in total. The summed E-state index contributed by atoms with van der Waals surface area (Å²) in [4.78, 5) is 2.37. The predicted octanol–water partition coefficient (Wildman–Crippen LogP) is 15.6. The van der Waals surface area contributed by atoms with Gasteiger partial charge in [-0.2, -0.15) is 0 Å². The van der Waals surface area contributed by atoms with Crippen LogP contribution in [0.4, 0.5) is 17.1 Å². The summed E-state index contributed by atoms with van der Waals surface area (Å²) in [5, 5.41) is 7.31. The first-order valence-electron chi connectivity index (χ1n) is 18.7. The topological polar surface area (TPSA) is 16.4 Å². The van der Waals surface area contributed by atoms with Gasteiger partial charge < -0.3 is 9.32 Å². The Labute approximate surface area is 322 Å². The highest BCUT2D eigenvalue weighted by molar-refractivity contribution is 7.26. The lowest BCUT2D eigenvalue weighted by atomic mass is 9.97. The summed E-state index contributed by atoms with van der Waals surface area (Å²) in [6.07, 6.45) is 0. The monoisotopic (exact) mass is 719 g/mol. The van der Waals surface area contributed by atoms with E-state index in [1.54, 1.807) is 0 Å². The molecule has 0 bridgehead atoms. The fraction of sp³-hybridized carbons (Fsp3) is 0. The second kappa shape index (κ2) is 12.9. The minimum atomic E-state index is 0.868. The van der Waals surface area contributed by atoms with Crippen molar-refractivity contribution in [1.82, 2.24) is 0 Å². The number of benzene rings is 9. The summed E-state index contributed by atoms with van der Waals surface area (Å²) < 4.78 is 9.28. The Morgan fingerprint density at radius 1 is 0.382 bits per heavy atom. The Morgan fingerprint density at radius 3 is 1.82 bits per heavy atom. The van der Waals surface area contributed by atoms with E-state index in [2.05, 4.69) is 199 Å². The lowest BCUT2D eigenvalue weighted by Crippen LogP contribution is -2.11. The molecule has 0 aliphatic rings. The molecule has 2 aromatic heterocycles. The smallest absolute Gasteiger partial charge is 0.159 e. The Kier molecular flexibility index (Phi) is 7.39. The van der Waals surface area contributed by atoms with Gasteiger partial charge in [0, 0.05) is 47.8 Å². The van der Waals surface area contributed by atoms with Crippen LogP contribution in [0.5, 0.6) is 0 Å². The van der Waals surface area contributed by atoms with Gasteiger partial charge in [0.1, 0.15) is 5.58 Å². The summed E-state index contributed by atoms with van der Waals surface area (Å²) in [7, 11) is 0. The van der Waals surface area contributed by atoms with Gasteiger partial charge in [-0.3, -0.25) is 0 Å². The Balaban J connectivity index is 1.05. The summed E-state index contributed by atoms with van der Waals surface area (Å²) in [6, 6.07) is 72.1. The molecule has 0 saturated heterocycles. The van der Waals surface area contributed by atoms with Crippen molar-refractivity contribution >= 4 is 81.3 Å². The van der Waals surface area contributed by atoms with Crippen molar-refractivity contribution in [1.29, 1.82) is 0 Å². The maximum atomic E-state index is 6.69. The van der Waals surface area contributed by atoms with Crippen LogP contribution in [0, 0.1) is 0 Å². The Morgan fingerprint density at radius 2 is 0.964 bits per heavy atom. The highest BCUT2D eigenvalue weighted by Gasteiger charge is 2.23. The van der Waals surface area contributed by atoms with Crippen LogP contribution in [0.25, 0.3) is 86.3 Å². The maximum absolute atomic E-state index is 6.69. The predicted molar refractivity (Wildman–Crippen MR) is 235 cm³/mol. The third kappa shape index (κ3) is 5.32. The van der Waals surface area contributed by atoms with E-state index in [-0.39, 0.29) is 0 Å². The molecule has 0 aliphatic carbocycles. The summed E-state index contributed by atoms with van der Waals surface area (Å²) >= 11 is 1.86. The number of para-hydroxylation sites is 3. The largest absolute Gasteiger partial charge is 0.454 e. The molecule has 2 heterocycles. The first kappa shape index (κ1) is 31.6. The lowest BCUT2D eigenvalue weighted by molar-refractivity contribution is 0.669. The van der Waals surface area contributed by atoms with Crippen molar-refractivity contribution in [2.24, 2.45) is 0 Å². The maximum Gasteiger partial charge on any atom is 0.159 e. The summed E-state index contributed by atoms with van der Waals surface area (Å²) in [5.74, 6) is 0. The van der Waals surface area contributed by atoms with Gasteiger partial charge in [-0.25, -0.2) is 0 Å². The second-order valence-corrected chi connectivity index (χ2v) is 15.1. The van der Waals surface area contributed by atoms with E-state index >= 15 is 0 Å². The molecule has 0 aliphatic heterocycles. The van der Waals surface area contributed by atoms with Crippen LogP contribution < -0.4 is 4.90 Å². The van der Waals surface area contributed by atoms with Gasteiger partial charge in [0.15, 0.2) is 5.58 Å². The minimum Gasteiger partial charge on any atom is -0.454 e. The van der Waals surface area contributed by atoms with Crippen molar-refractivity contribution in [2.75, 3.05) is 4.90 Å². The third-order valence-electron chi connectivity index (χ3n) is 10.9. The van der Waals surface area contributed by atoms with Gasteiger partial charge in [0.2, 0.25) is 0 Å². The van der Waals surface area contributed by atoms with Gasteiger partial charge in [0.25, 0.3) is 0 Å². The van der Waals surface area contributed by atoms with Crippen LogP contribution in [0.2, 0.25) is 0 Å². The molecule has 11 aromatic rings. The number of fused-ring (bicyclic) bond motifs is 7. The van der Waals surface area contributed by atoms with Crippen molar-refractivity contribution in [2.45, 2.75) is 0 Å². The van der Waals surface area contributed by atoms with E-state index in [4.69, 9.17) is 4.42 Å². The molecule has 9 aromatic carbocycles. The zero-order valence-electron chi connectivity index (χ0n) is 29.8. The standard InChI is InChI=1S/C52H33NOS/c1-2-12-38-33-39(28-27-34(38)11-1)37-25-23-35(24-26-37)36-29-31-40(32-30-36)53(48-20-10-16-44-42-14-4-7-21-49(42)54-51(44)48)47-19-6-3-13-41(47)45-17-9-18-46-43-15-5-8-22-50(43)55-52(45)46/h1-33H. The molecular formula is C52H33NOS. The fourth-order valence-corrected chi connectivity index (χ4v) is 9.43. The SMILES string of the molecule is c1ccc(N(c2ccc(-c3ccc(-c4ccc5ccccc5c4)cc3)cc2)c2cccc3c2oc2ccccc23)c(-c2cccc3c2sc2ccccc23)c1. The second-order valence-electron chi connectivity index (χ2n) is 14.1. The van der Waals surface area contributed by atoms with Crippen molar-refractivity contribution in [3.05, 3.63) is 200 Å². The first-order valence-corrected chi connectivity index (χ1v) is 19.5. The molecule has 258 valence electrons. The van der Waals surface area contributed by atoms with E-state index in [1.807, 2.05) is 17.4 Å². The lowest BCUT2D eigenvalue weighted by Gasteiger charge is -2.28. The van der Waals surface area contributed by atoms with Crippen molar-refractivity contribution in [3.63, 3.8) is 0 Å². The molecule has 0 saturated carbocycles. The van der Waals surface area contributed by atoms with Crippen molar-refractivity contribution in [3.8, 4) is 33.4 Å². The van der Waals surface area contributed by atoms with E-state index in [0.717, 1.165) is 39.0 Å². The zero-order chi connectivity index (χ0) is 36.3. The van der Waals surface area contributed by atoms with Crippen LogP contribution in [-0.2, 0) is 0 Å². The fourth-order valence-electron chi connectivity index (χ4n) is 8.20. The highest BCUT2D eigenvalue weighted by Crippen LogP contribution is 2.48. The third-order valence-corrected chi connectivity index (χ3v) is 12.1. The van der Waals surface area contributed by atoms with Crippen molar-refractivity contribution < 1.29 is 4.42 Å². The van der Waals surface area contributed by atoms with Crippen LogP contribution in [0.1, 0.15) is 0 Å². The van der Waals surface area contributed by atoms with Crippen LogP contribution in [-0.4, -0.2) is 0 Å². The molecule has 0 atom stereocenters. The van der Waals surface area contributed by atoms with Gasteiger partial charge in [-0.1, -0.05) is 158 Å². The van der Waals surface area contributed by atoms with Gasteiger partial charge in [-0.05, 0) is 75.5 Å². The number of anilines is 3. The molecule has 0 radical (unpaired) electrons. The number of hydrogen-bond donors (Lipinski definition) is 0. The van der Waals surface area contributed by atoms with Crippen LogP contribution in [0.3, 0.4) is 0 Å². The van der Waals surface area contributed by atoms with E-state index in [9.17, 15) is 0 Å². The summed E-state index contributed by atoms with van der Waals surface area (Å²) in [6.45, 7) is 0. The Hall–Kier alpha value is -6.94. The number of nitrogens with zero attached hydrogens (tertiary/aromatic N) is 1. The number of furan rings is 1. The molecule has 0 spiro atoms. The zero-order valence-corrected chi connectivity index (χ0v) is 30.6. The number of rotatable bonds is 6. The van der Waals surface area contributed by atoms with E-state index < -0.39 is 0 Å². The molecule has 0 fully saturated rings. The average Bonchev–Trinajstić information content (AvgIpc) is 3.84. The highest BCUT2D eigenvalue weighted by atomic mass is 32.1. The quantitative estimate of drug-likeness (QED) is 0.170. The molecule has 3 heteroatoms. The first-order chi connectivity index (χ1) is 27.3. The minimum absolute atomic E-state index is 0.868.